The van der Waals surface area contributed by atoms with Gasteiger partial charge in [0.25, 0.3) is 5.69 Å². The number of ketones is 1. The molecule has 9 nitrogen and oxygen atoms in total. The molecule has 0 aliphatic carbocycles. The van der Waals surface area contributed by atoms with Gasteiger partial charge in [0, 0.05) is 18.6 Å². The lowest BCUT2D eigenvalue weighted by molar-refractivity contribution is -0.384. The number of hydrogen-bond acceptors (Lipinski definition) is 8. The molecular weight excluding hydrogens is 382 g/mol. The monoisotopic (exact) mass is 407 g/mol. The van der Waals surface area contributed by atoms with Gasteiger partial charge in [-0.15, -0.1) is 0 Å². The molecule has 2 fully saturated rings. The molecule has 158 valence electrons. The number of ether oxygens (including phenoxy) is 3. The highest BCUT2D eigenvalue weighted by Gasteiger charge is 2.48. The van der Waals surface area contributed by atoms with E-state index in [1.807, 2.05) is 6.92 Å². The van der Waals surface area contributed by atoms with E-state index < -0.39 is 41.7 Å². The Morgan fingerprint density at radius 1 is 1.24 bits per heavy atom. The lowest BCUT2D eigenvalue weighted by atomic mass is 9.91. The largest absolute Gasteiger partial charge is 0.388 e. The number of benzene rings is 1. The molecule has 9 heteroatoms. The third-order valence-electron chi connectivity index (χ3n) is 5.03. The number of nitro benzene ring substituents is 1. The number of nitrogens with zero attached hydrogens (tertiary/aromatic N) is 1. The molecule has 2 N–H and O–H groups in total. The van der Waals surface area contributed by atoms with Gasteiger partial charge in [-0.1, -0.05) is 19.4 Å². The predicted octanol–water partition coefficient (Wildman–Crippen LogP) is 1.60. The first kappa shape index (κ1) is 21.5. The van der Waals surface area contributed by atoms with Crippen LogP contribution in [-0.4, -0.2) is 64.3 Å². The summed E-state index contributed by atoms with van der Waals surface area (Å²) in [6.45, 7) is 2.22. The Morgan fingerprint density at radius 3 is 2.62 bits per heavy atom. The van der Waals surface area contributed by atoms with E-state index in [0.717, 1.165) is 6.42 Å². The Balaban J connectivity index is 1.57. The van der Waals surface area contributed by atoms with E-state index in [2.05, 4.69) is 0 Å². The fourth-order valence-corrected chi connectivity index (χ4v) is 3.45. The molecular formula is C20H25NO8. The van der Waals surface area contributed by atoms with E-state index in [4.69, 9.17) is 14.2 Å². The second-order valence-corrected chi connectivity index (χ2v) is 7.20. The average Bonchev–Trinajstić information content (AvgIpc) is 2.71. The van der Waals surface area contributed by atoms with Crippen LogP contribution in [0.25, 0.3) is 6.08 Å². The van der Waals surface area contributed by atoms with Crippen molar-refractivity contribution in [3.8, 4) is 0 Å². The Labute approximate surface area is 168 Å². The zero-order chi connectivity index (χ0) is 21.0. The third-order valence-corrected chi connectivity index (χ3v) is 5.03. The molecule has 2 saturated heterocycles. The molecule has 2 aliphatic heterocycles. The number of carbonyl (C=O) groups excluding carboxylic acids is 1. The number of fused-ring (bicyclic) bond motifs is 1. The van der Waals surface area contributed by atoms with Crippen LogP contribution in [-0.2, 0) is 19.0 Å². The first-order chi connectivity index (χ1) is 13.9. The minimum absolute atomic E-state index is 0.0335. The van der Waals surface area contributed by atoms with Gasteiger partial charge in [-0.2, -0.15) is 0 Å². The summed E-state index contributed by atoms with van der Waals surface area (Å²) in [5.74, 6) is -0.306. The fraction of sp³-hybridized carbons (Fsp3) is 0.550. The Kier molecular flexibility index (Phi) is 7.09. The third kappa shape index (κ3) is 5.26. The Morgan fingerprint density at radius 2 is 1.97 bits per heavy atom. The standard InChI is InChI=1S/C20H25NO8/c1-2-3-17-27-11-16-20(29-17)19(24)18(23)15(28-16)10-14(22)9-6-12-4-7-13(8-5-12)21(25)26/h4-9,15-20,23-24H,2-3,10-11H2,1H3/b9-6+/t15-,16+,17?,18-,19+,20+/m0/s1. The summed E-state index contributed by atoms with van der Waals surface area (Å²) in [6.07, 6.45) is -0.727. The molecule has 0 spiro atoms. The predicted molar refractivity (Wildman–Crippen MR) is 102 cm³/mol. The van der Waals surface area contributed by atoms with Crippen molar-refractivity contribution in [1.29, 1.82) is 0 Å². The van der Waals surface area contributed by atoms with Gasteiger partial charge in [0.2, 0.25) is 0 Å². The highest BCUT2D eigenvalue weighted by atomic mass is 16.7. The molecule has 0 bridgehead atoms. The average molecular weight is 407 g/mol. The summed E-state index contributed by atoms with van der Waals surface area (Å²) in [6, 6.07) is 5.77. The van der Waals surface area contributed by atoms with Crippen molar-refractivity contribution in [3.05, 3.63) is 46.0 Å². The van der Waals surface area contributed by atoms with Gasteiger partial charge < -0.3 is 24.4 Å². The Hall–Kier alpha value is -2.17. The number of allylic oxidation sites excluding steroid dienone is 1. The molecule has 1 aromatic carbocycles. The number of aliphatic hydroxyl groups is 2. The molecule has 0 radical (unpaired) electrons. The number of nitro groups is 1. The number of non-ortho nitro benzene ring substituents is 1. The molecule has 0 aromatic heterocycles. The van der Waals surface area contributed by atoms with Gasteiger partial charge in [0.1, 0.15) is 24.4 Å². The maximum atomic E-state index is 12.3. The van der Waals surface area contributed by atoms with Crippen molar-refractivity contribution in [2.24, 2.45) is 0 Å². The highest BCUT2D eigenvalue weighted by molar-refractivity contribution is 5.93. The SMILES string of the molecule is CCCC1OC[C@H]2O[C@@H](CC(=O)/C=C/c3ccc([N+](=O)[O-])cc3)[C@H](O)[C@@H](O)[C@@H]2O1. The van der Waals surface area contributed by atoms with Crippen LogP contribution in [0.5, 0.6) is 0 Å². The highest BCUT2D eigenvalue weighted by Crippen LogP contribution is 2.30. The summed E-state index contributed by atoms with van der Waals surface area (Å²) < 4.78 is 17.0. The molecule has 29 heavy (non-hydrogen) atoms. The van der Waals surface area contributed by atoms with Gasteiger partial charge in [-0.05, 0) is 30.2 Å². The number of carbonyl (C=O) groups is 1. The zero-order valence-electron chi connectivity index (χ0n) is 16.0. The van der Waals surface area contributed by atoms with Crippen LogP contribution in [0.4, 0.5) is 5.69 Å². The van der Waals surface area contributed by atoms with Crippen molar-refractivity contribution in [1.82, 2.24) is 0 Å². The van der Waals surface area contributed by atoms with E-state index in [1.165, 1.54) is 36.4 Å². The quantitative estimate of drug-likeness (QED) is 0.396. The van der Waals surface area contributed by atoms with Crippen LogP contribution in [0.15, 0.2) is 30.3 Å². The summed E-state index contributed by atoms with van der Waals surface area (Å²) in [7, 11) is 0. The first-order valence-electron chi connectivity index (χ1n) is 9.63. The fourth-order valence-electron chi connectivity index (χ4n) is 3.45. The van der Waals surface area contributed by atoms with Crippen LogP contribution in [0.2, 0.25) is 0 Å². The molecule has 1 unspecified atom stereocenters. The van der Waals surface area contributed by atoms with E-state index in [0.29, 0.717) is 12.0 Å². The van der Waals surface area contributed by atoms with Crippen molar-refractivity contribution in [2.45, 2.75) is 63.0 Å². The topological polar surface area (TPSA) is 128 Å². The summed E-state index contributed by atoms with van der Waals surface area (Å²) in [5, 5.41) is 31.5. The van der Waals surface area contributed by atoms with E-state index in [-0.39, 0.29) is 24.5 Å². The van der Waals surface area contributed by atoms with Crippen LogP contribution in [0.1, 0.15) is 31.7 Å². The molecule has 0 amide bonds. The van der Waals surface area contributed by atoms with Crippen molar-refractivity contribution >= 4 is 17.5 Å². The molecule has 1 aromatic rings. The zero-order valence-corrected chi connectivity index (χ0v) is 16.0. The molecule has 3 rings (SSSR count). The summed E-state index contributed by atoms with van der Waals surface area (Å²) in [5.41, 5.74) is 0.596. The van der Waals surface area contributed by atoms with E-state index in [1.54, 1.807) is 0 Å². The minimum Gasteiger partial charge on any atom is -0.388 e. The Bertz CT molecular complexity index is 747. The molecule has 6 atom stereocenters. The number of hydrogen-bond donors (Lipinski definition) is 2. The van der Waals surface area contributed by atoms with Crippen LogP contribution in [0.3, 0.4) is 0 Å². The smallest absolute Gasteiger partial charge is 0.269 e. The first-order valence-corrected chi connectivity index (χ1v) is 9.63. The van der Waals surface area contributed by atoms with Gasteiger partial charge in [0.05, 0.1) is 17.6 Å². The van der Waals surface area contributed by atoms with Gasteiger partial charge in [-0.25, -0.2) is 0 Å². The second-order valence-electron chi connectivity index (χ2n) is 7.20. The van der Waals surface area contributed by atoms with Crippen LogP contribution in [0, 0.1) is 10.1 Å². The lowest BCUT2D eigenvalue weighted by Crippen LogP contribution is -2.62. The van der Waals surface area contributed by atoms with Crippen molar-refractivity contribution < 1.29 is 34.1 Å². The van der Waals surface area contributed by atoms with Crippen LogP contribution < -0.4 is 0 Å². The van der Waals surface area contributed by atoms with Crippen LogP contribution >= 0.6 is 0 Å². The summed E-state index contributed by atoms with van der Waals surface area (Å²) in [4.78, 5) is 22.4. The number of aliphatic hydroxyl groups excluding tert-OH is 2. The summed E-state index contributed by atoms with van der Waals surface area (Å²) >= 11 is 0. The minimum atomic E-state index is -1.26. The molecule has 2 aliphatic rings. The molecule has 2 heterocycles. The van der Waals surface area contributed by atoms with E-state index >= 15 is 0 Å². The normalized spacial score (nSPS) is 32.1. The van der Waals surface area contributed by atoms with Gasteiger partial charge in [-0.3, -0.25) is 14.9 Å². The van der Waals surface area contributed by atoms with Crippen molar-refractivity contribution in [3.63, 3.8) is 0 Å². The van der Waals surface area contributed by atoms with Gasteiger partial charge in [0.15, 0.2) is 12.1 Å². The van der Waals surface area contributed by atoms with Gasteiger partial charge >= 0.3 is 0 Å². The second kappa shape index (κ2) is 9.55. The number of rotatable bonds is 7. The lowest BCUT2D eigenvalue weighted by Gasteiger charge is -2.46. The maximum absolute atomic E-state index is 12.3. The van der Waals surface area contributed by atoms with Crippen molar-refractivity contribution in [2.75, 3.05) is 6.61 Å². The molecule has 0 saturated carbocycles. The van der Waals surface area contributed by atoms with E-state index in [9.17, 15) is 25.1 Å². The maximum Gasteiger partial charge on any atom is 0.269 e.